The highest BCUT2D eigenvalue weighted by Crippen LogP contribution is 2.09. The monoisotopic (exact) mass is 150 g/mol. The first-order valence-electron chi connectivity index (χ1n) is 3.36. The fourth-order valence-corrected chi connectivity index (χ4v) is 0.993. The second-order valence-corrected chi connectivity index (χ2v) is 2.22. The lowest BCUT2D eigenvalue weighted by atomic mass is 10.2. The number of nitrogens with one attached hydrogen (secondary N) is 1. The third-order valence-electron chi connectivity index (χ3n) is 1.46. The molecule has 0 bridgehead atoms. The molecule has 1 aliphatic rings. The molecule has 0 atom stereocenters. The van der Waals surface area contributed by atoms with Crippen molar-refractivity contribution in [3.05, 3.63) is 24.3 Å². The van der Waals surface area contributed by atoms with Gasteiger partial charge in [-0.15, -0.1) is 0 Å². The summed E-state index contributed by atoms with van der Waals surface area (Å²) in [5.41, 5.74) is 0.910. The lowest BCUT2D eigenvalue weighted by Crippen LogP contribution is -2.19. The summed E-state index contributed by atoms with van der Waals surface area (Å²) >= 11 is 0. The van der Waals surface area contributed by atoms with Crippen LogP contribution in [0.25, 0.3) is 0 Å². The van der Waals surface area contributed by atoms with Crippen molar-refractivity contribution in [2.24, 2.45) is 4.99 Å². The molecular weight excluding hydrogens is 140 g/mol. The number of amidine groups is 1. The van der Waals surface area contributed by atoms with Crippen LogP contribution >= 0.6 is 0 Å². The van der Waals surface area contributed by atoms with E-state index in [-0.39, 0.29) is 5.91 Å². The molecule has 0 aromatic heterocycles. The predicted molar refractivity (Wildman–Crippen MR) is 44.4 cm³/mol. The first kappa shape index (κ1) is 7.72. The maximum Gasteiger partial charge on any atom is 0.230 e. The number of hydrogen-bond acceptors (Lipinski definition) is 2. The van der Waals surface area contributed by atoms with Crippen LogP contribution in [0.5, 0.6) is 0 Å². The number of rotatable bonds is 1. The fraction of sp³-hybridized carbons (Fsp3) is 0.250. The highest BCUT2D eigenvalue weighted by atomic mass is 16.1. The lowest BCUT2D eigenvalue weighted by Gasteiger charge is -1.93. The van der Waals surface area contributed by atoms with Crippen molar-refractivity contribution in [3.8, 4) is 0 Å². The lowest BCUT2D eigenvalue weighted by molar-refractivity contribution is -0.118. The van der Waals surface area contributed by atoms with Crippen LogP contribution < -0.4 is 5.32 Å². The van der Waals surface area contributed by atoms with Crippen LogP contribution in [-0.2, 0) is 4.79 Å². The van der Waals surface area contributed by atoms with E-state index in [1.54, 1.807) is 19.2 Å². The summed E-state index contributed by atoms with van der Waals surface area (Å²) in [6.07, 6.45) is 3.86. The topological polar surface area (TPSA) is 41.5 Å². The molecule has 11 heavy (non-hydrogen) atoms. The van der Waals surface area contributed by atoms with Crippen LogP contribution in [0.1, 0.15) is 6.42 Å². The highest BCUT2D eigenvalue weighted by molar-refractivity contribution is 6.16. The molecule has 0 aromatic rings. The van der Waals surface area contributed by atoms with Gasteiger partial charge in [0.25, 0.3) is 0 Å². The van der Waals surface area contributed by atoms with Gasteiger partial charge in [0.15, 0.2) is 0 Å². The Labute approximate surface area is 65.5 Å². The molecule has 0 saturated carbocycles. The van der Waals surface area contributed by atoms with E-state index in [0.717, 1.165) is 5.57 Å². The smallest absolute Gasteiger partial charge is 0.230 e. The molecule has 0 aliphatic carbocycles. The Bertz CT molecular complexity index is 251. The number of carbonyl (C=O) groups excluding carboxylic acids is 1. The van der Waals surface area contributed by atoms with Gasteiger partial charge in [0, 0.05) is 12.6 Å². The van der Waals surface area contributed by atoms with E-state index in [9.17, 15) is 4.79 Å². The van der Waals surface area contributed by atoms with E-state index in [0.29, 0.717) is 12.3 Å². The van der Waals surface area contributed by atoms with Gasteiger partial charge in [0.05, 0.1) is 6.42 Å². The SMILES string of the molecule is C=C/C=C1/CC(=O)NC1=NC. The van der Waals surface area contributed by atoms with Crippen LogP contribution in [0.15, 0.2) is 29.3 Å². The summed E-state index contributed by atoms with van der Waals surface area (Å²) in [4.78, 5) is 14.7. The number of aliphatic imine (C=N–C) groups is 1. The zero-order valence-electron chi connectivity index (χ0n) is 6.42. The molecule has 0 unspecified atom stereocenters. The van der Waals surface area contributed by atoms with Crippen molar-refractivity contribution < 1.29 is 4.79 Å². The van der Waals surface area contributed by atoms with Gasteiger partial charge in [-0.05, 0) is 0 Å². The first-order chi connectivity index (χ1) is 5.27. The first-order valence-corrected chi connectivity index (χ1v) is 3.36. The average molecular weight is 150 g/mol. The molecule has 0 radical (unpaired) electrons. The number of nitrogens with zero attached hydrogens (tertiary/aromatic N) is 1. The second kappa shape index (κ2) is 3.14. The van der Waals surface area contributed by atoms with Crippen LogP contribution in [0, 0.1) is 0 Å². The van der Waals surface area contributed by atoms with Crippen LogP contribution in [0.3, 0.4) is 0 Å². The van der Waals surface area contributed by atoms with Crippen molar-refractivity contribution >= 4 is 11.7 Å². The number of hydrogen-bond donors (Lipinski definition) is 1. The number of carbonyl (C=O) groups is 1. The minimum atomic E-state index is -0.00120. The molecule has 1 fully saturated rings. The van der Waals surface area contributed by atoms with Gasteiger partial charge in [-0.25, -0.2) is 0 Å². The molecule has 1 aliphatic heterocycles. The summed E-state index contributed by atoms with van der Waals surface area (Å²) in [5, 5.41) is 2.63. The quantitative estimate of drug-likeness (QED) is 0.585. The van der Waals surface area contributed by atoms with E-state index in [2.05, 4.69) is 16.9 Å². The summed E-state index contributed by atoms with van der Waals surface area (Å²) in [6.45, 7) is 3.55. The summed E-state index contributed by atoms with van der Waals surface area (Å²) in [7, 11) is 1.65. The predicted octanol–water partition coefficient (Wildman–Crippen LogP) is 0.647. The fourth-order valence-electron chi connectivity index (χ4n) is 0.993. The minimum absolute atomic E-state index is 0.00120. The maximum atomic E-state index is 10.8. The molecule has 3 heteroatoms. The Morgan fingerprint density at radius 2 is 2.45 bits per heavy atom. The molecular formula is C8H10N2O. The van der Waals surface area contributed by atoms with Gasteiger partial charge in [-0.1, -0.05) is 18.7 Å². The average Bonchev–Trinajstić information content (AvgIpc) is 2.32. The Hall–Kier alpha value is -1.38. The molecule has 1 N–H and O–H groups in total. The van der Waals surface area contributed by atoms with Crippen molar-refractivity contribution in [2.45, 2.75) is 6.42 Å². The molecule has 0 aromatic carbocycles. The van der Waals surface area contributed by atoms with Crippen molar-refractivity contribution in [2.75, 3.05) is 7.05 Å². The van der Waals surface area contributed by atoms with Gasteiger partial charge < -0.3 is 5.32 Å². The van der Waals surface area contributed by atoms with Gasteiger partial charge >= 0.3 is 0 Å². The Morgan fingerprint density at radius 1 is 1.73 bits per heavy atom. The summed E-state index contributed by atoms with van der Waals surface area (Å²) < 4.78 is 0. The van der Waals surface area contributed by atoms with Crippen molar-refractivity contribution in [1.29, 1.82) is 0 Å². The van der Waals surface area contributed by atoms with E-state index >= 15 is 0 Å². The van der Waals surface area contributed by atoms with E-state index < -0.39 is 0 Å². The Kier molecular flexibility index (Phi) is 2.21. The van der Waals surface area contributed by atoms with Crippen LogP contribution in [-0.4, -0.2) is 18.8 Å². The Morgan fingerprint density at radius 3 is 3.00 bits per heavy atom. The standard InChI is InChI=1S/C8H10N2O/c1-3-4-6-5-7(11)10-8(6)9-2/h3-4H,1,5H2,2H3,(H,9,10,11)/b6-4-. The molecule has 1 amide bonds. The third-order valence-corrected chi connectivity index (χ3v) is 1.46. The normalized spacial score (nSPS) is 24.3. The van der Waals surface area contributed by atoms with Crippen molar-refractivity contribution in [1.82, 2.24) is 5.32 Å². The van der Waals surface area contributed by atoms with E-state index in [4.69, 9.17) is 0 Å². The number of allylic oxidation sites excluding steroid dienone is 2. The van der Waals surface area contributed by atoms with Gasteiger partial charge in [-0.3, -0.25) is 9.79 Å². The van der Waals surface area contributed by atoms with Gasteiger partial charge in [-0.2, -0.15) is 0 Å². The van der Waals surface area contributed by atoms with Crippen LogP contribution in [0.2, 0.25) is 0 Å². The number of amides is 1. The zero-order chi connectivity index (χ0) is 8.27. The highest BCUT2D eigenvalue weighted by Gasteiger charge is 2.20. The minimum Gasteiger partial charge on any atom is -0.310 e. The molecule has 1 heterocycles. The molecule has 0 spiro atoms. The summed E-state index contributed by atoms with van der Waals surface area (Å²) in [5.74, 6) is 0.661. The zero-order valence-corrected chi connectivity index (χ0v) is 6.42. The maximum absolute atomic E-state index is 10.8. The molecule has 3 nitrogen and oxygen atoms in total. The molecule has 1 saturated heterocycles. The second-order valence-electron chi connectivity index (χ2n) is 2.22. The van der Waals surface area contributed by atoms with Gasteiger partial charge in [0.1, 0.15) is 5.84 Å². The Balaban J connectivity index is 2.89. The van der Waals surface area contributed by atoms with Crippen LogP contribution in [0.4, 0.5) is 0 Å². The van der Waals surface area contributed by atoms with E-state index in [1.807, 2.05) is 0 Å². The largest absolute Gasteiger partial charge is 0.310 e. The van der Waals surface area contributed by atoms with E-state index in [1.165, 1.54) is 0 Å². The summed E-state index contributed by atoms with van der Waals surface area (Å²) in [6, 6.07) is 0. The molecule has 58 valence electrons. The molecule has 1 rings (SSSR count). The third kappa shape index (κ3) is 1.55. The van der Waals surface area contributed by atoms with Gasteiger partial charge in [0.2, 0.25) is 5.91 Å². The van der Waals surface area contributed by atoms with Crippen molar-refractivity contribution in [3.63, 3.8) is 0 Å².